The summed E-state index contributed by atoms with van der Waals surface area (Å²) in [5.74, 6) is 1.60. The maximum Gasteiger partial charge on any atom is 0.270 e. The van der Waals surface area contributed by atoms with Crippen LogP contribution in [0.1, 0.15) is 23.2 Å². The second kappa shape index (κ2) is 8.65. The van der Waals surface area contributed by atoms with E-state index in [1.54, 1.807) is 24.3 Å². The number of halogens is 1. The van der Waals surface area contributed by atoms with Gasteiger partial charge in [0.15, 0.2) is 0 Å². The molecule has 7 nitrogen and oxygen atoms in total. The van der Waals surface area contributed by atoms with E-state index in [0.717, 1.165) is 6.07 Å². The van der Waals surface area contributed by atoms with Gasteiger partial charge in [0.1, 0.15) is 0 Å². The van der Waals surface area contributed by atoms with Gasteiger partial charge in [0.05, 0.1) is 15.5 Å². The molecule has 0 saturated carbocycles. The van der Waals surface area contributed by atoms with Crippen molar-refractivity contribution in [2.24, 2.45) is 0 Å². The standard InChI is InChI=1S/C18H14ClN3O4/c1-2-3-4-17(23)20-12-5-7-13(8-6-12)21-18(24)15-11-14(22(25)26)9-10-16(15)19/h1,5-11H,3-4H2,(H,20,23)(H,21,24). The number of benzene rings is 2. The first-order chi connectivity index (χ1) is 12.4. The smallest absolute Gasteiger partial charge is 0.270 e. The van der Waals surface area contributed by atoms with Gasteiger partial charge in [0, 0.05) is 36.3 Å². The van der Waals surface area contributed by atoms with E-state index in [9.17, 15) is 19.7 Å². The number of nitrogens with one attached hydrogen (secondary N) is 2. The van der Waals surface area contributed by atoms with E-state index in [0.29, 0.717) is 17.8 Å². The SMILES string of the molecule is C#CCCC(=O)Nc1ccc(NC(=O)c2cc([N+](=O)[O-])ccc2Cl)cc1. The van der Waals surface area contributed by atoms with Gasteiger partial charge < -0.3 is 10.6 Å². The quantitative estimate of drug-likeness (QED) is 0.457. The van der Waals surface area contributed by atoms with E-state index >= 15 is 0 Å². The number of anilines is 2. The number of hydrogen-bond acceptors (Lipinski definition) is 4. The summed E-state index contributed by atoms with van der Waals surface area (Å²) < 4.78 is 0. The van der Waals surface area contributed by atoms with Crippen LogP contribution in [0.15, 0.2) is 42.5 Å². The summed E-state index contributed by atoms with van der Waals surface area (Å²) in [6, 6.07) is 10.0. The third-order valence-electron chi connectivity index (χ3n) is 3.33. The van der Waals surface area contributed by atoms with Gasteiger partial charge in [-0.25, -0.2) is 0 Å². The Morgan fingerprint density at radius 3 is 2.31 bits per heavy atom. The average molecular weight is 372 g/mol. The van der Waals surface area contributed by atoms with Crippen LogP contribution in [0.4, 0.5) is 17.1 Å². The number of amides is 2. The molecule has 2 amide bonds. The Kier molecular flexibility index (Phi) is 6.31. The molecule has 132 valence electrons. The molecular formula is C18H14ClN3O4. The van der Waals surface area contributed by atoms with Crippen molar-refractivity contribution in [3.8, 4) is 12.3 Å². The van der Waals surface area contributed by atoms with Gasteiger partial charge in [-0.15, -0.1) is 12.3 Å². The zero-order chi connectivity index (χ0) is 19.1. The summed E-state index contributed by atoms with van der Waals surface area (Å²) in [7, 11) is 0. The number of rotatable bonds is 6. The van der Waals surface area contributed by atoms with Crippen molar-refractivity contribution < 1.29 is 14.5 Å². The van der Waals surface area contributed by atoms with Crippen molar-refractivity contribution in [3.05, 3.63) is 63.2 Å². The molecule has 2 aromatic rings. The maximum absolute atomic E-state index is 12.3. The number of carbonyl (C=O) groups excluding carboxylic acids is 2. The Balaban J connectivity index is 2.06. The summed E-state index contributed by atoms with van der Waals surface area (Å²) >= 11 is 5.94. The van der Waals surface area contributed by atoms with Crippen molar-refractivity contribution in [2.45, 2.75) is 12.8 Å². The molecule has 0 radical (unpaired) electrons. The average Bonchev–Trinajstić information content (AvgIpc) is 2.61. The molecule has 0 unspecified atom stereocenters. The van der Waals surface area contributed by atoms with E-state index in [1.807, 2.05) is 0 Å². The van der Waals surface area contributed by atoms with Gasteiger partial charge in [-0.2, -0.15) is 0 Å². The molecule has 0 aliphatic carbocycles. The summed E-state index contributed by atoms with van der Waals surface area (Å²) in [5, 5.41) is 16.2. The van der Waals surface area contributed by atoms with Gasteiger partial charge in [0.25, 0.3) is 11.6 Å². The van der Waals surface area contributed by atoms with Crippen molar-refractivity contribution in [2.75, 3.05) is 10.6 Å². The highest BCUT2D eigenvalue weighted by Gasteiger charge is 2.16. The van der Waals surface area contributed by atoms with Gasteiger partial charge in [0.2, 0.25) is 5.91 Å². The van der Waals surface area contributed by atoms with Gasteiger partial charge in [-0.1, -0.05) is 11.6 Å². The third-order valence-corrected chi connectivity index (χ3v) is 3.66. The largest absolute Gasteiger partial charge is 0.326 e. The number of hydrogen-bond donors (Lipinski definition) is 2. The van der Waals surface area contributed by atoms with Crippen molar-refractivity contribution in [3.63, 3.8) is 0 Å². The van der Waals surface area contributed by atoms with Crippen LogP contribution in [0.3, 0.4) is 0 Å². The molecule has 2 aromatic carbocycles. The van der Waals surface area contributed by atoms with E-state index in [4.69, 9.17) is 18.0 Å². The molecule has 0 bridgehead atoms. The lowest BCUT2D eigenvalue weighted by atomic mass is 10.1. The lowest BCUT2D eigenvalue weighted by Gasteiger charge is -2.08. The summed E-state index contributed by atoms with van der Waals surface area (Å²) in [4.78, 5) is 34.1. The number of non-ortho nitro benzene ring substituents is 1. The number of terminal acetylenes is 1. The van der Waals surface area contributed by atoms with Crippen LogP contribution in [0.2, 0.25) is 5.02 Å². The number of nitro benzene ring substituents is 1. The second-order valence-corrected chi connectivity index (χ2v) is 5.61. The molecule has 0 spiro atoms. The molecule has 8 heteroatoms. The fourth-order valence-electron chi connectivity index (χ4n) is 2.05. The minimum Gasteiger partial charge on any atom is -0.326 e. The lowest BCUT2D eigenvalue weighted by Crippen LogP contribution is -2.13. The highest BCUT2D eigenvalue weighted by atomic mass is 35.5. The van der Waals surface area contributed by atoms with Crippen LogP contribution in [-0.4, -0.2) is 16.7 Å². The van der Waals surface area contributed by atoms with Crippen molar-refractivity contribution >= 4 is 40.5 Å². The summed E-state index contributed by atoms with van der Waals surface area (Å²) in [5.41, 5.74) is 0.759. The first-order valence-electron chi connectivity index (χ1n) is 7.49. The predicted octanol–water partition coefficient (Wildman–Crippen LogP) is 3.85. The lowest BCUT2D eigenvalue weighted by molar-refractivity contribution is -0.384. The molecule has 0 atom stereocenters. The minimum absolute atomic E-state index is 0.00692. The van der Waals surface area contributed by atoms with E-state index < -0.39 is 10.8 Å². The fraction of sp³-hybridized carbons (Fsp3) is 0.111. The molecule has 26 heavy (non-hydrogen) atoms. The highest BCUT2D eigenvalue weighted by Crippen LogP contribution is 2.23. The third kappa shape index (κ3) is 5.06. The van der Waals surface area contributed by atoms with Crippen molar-refractivity contribution in [1.29, 1.82) is 0 Å². The molecule has 0 fully saturated rings. The molecule has 0 heterocycles. The predicted molar refractivity (Wildman–Crippen MR) is 99.2 cm³/mol. The van der Waals surface area contributed by atoms with Gasteiger partial charge in [-0.3, -0.25) is 19.7 Å². The zero-order valence-electron chi connectivity index (χ0n) is 13.5. The molecule has 0 aliphatic rings. The molecular weight excluding hydrogens is 358 g/mol. The Morgan fingerprint density at radius 2 is 1.73 bits per heavy atom. The highest BCUT2D eigenvalue weighted by molar-refractivity contribution is 6.34. The van der Waals surface area contributed by atoms with Crippen LogP contribution in [-0.2, 0) is 4.79 Å². The molecule has 0 aromatic heterocycles. The maximum atomic E-state index is 12.3. The first kappa shape index (κ1) is 19.0. The monoisotopic (exact) mass is 371 g/mol. The van der Waals surface area contributed by atoms with Crippen LogP contribution >= 0.6 is 11.6 Å². The zero-order valence-corrected chi connectivity index (χ0v) is 14.2. The van der Waals surface area contributed by atoms with E-state index in [-0.39, 0.29) is 28.6 Å². The first-order valence-corrected chi connectivity index (χ1v) is 7.87. The molecule has 0 aliphatic heterocycles. The Bertz CT molecular complexity index is 888. The van der Waals surface area contributed by atoms with Gasteiger partial charge >= 0.3 is 0 Å². The molecule has 0 saturated heterocycles. The molecule has 2 rings (SSSR count). The number of carbonyl (C=O) groups is 2. The second-order valence-electron chi connectivity index (χ2n) is 5.21. The van der Waals surface area contributed by atoms with Gasteiger partial charge in [-0.05, 0) is 30.3 Å². The molecule has 2 N–H and O–H groups in total. The Morgan fingerprint density at radius 1 is 1.12 bits per heavy atom. The van der Waals surface area contributed by atoms with Crippen molar-refractivity contribution in [1.82, 2.24) is 0 Å². The van der Waals surface area contributed by atoms with E-state index in [1.165, 1.54) is 12.1 Å². The number of nitrogens with zero attached hydrogens (tertiary/aromatic N) is 1. The van der Waals surface area contributed by atoms with Crippen LogP contribution < -0.4 is 10.6 Å². The summed E-state index contributed by atoms with van der Waals surface area (Å²) in [6.07, 6.45) is 5.68. The van der Waals surface area contributed by atoms with Crippen LogP contribution in [0.25, 0.3) is 0 Å². The topological polar surface area (TPSA) is 101 Å². The van der Waals surface area contributed by atoms with E-state index in [2.05, 4.69) is 16.6 Å². The van der Waals surface area contributed by atoms with Crippen LogP contribution in [0, 0.1) is 22.5 Å². The Hall–Kier alpha value is -3.37. The normalized spacial score (nSPS) is 9.85. The summed E-state index contributed by atoms with van der Waals surface area (Å²) in [6.45, 7) is 0. The fourth-order valence-corrected chi connectivity index (χ4v) is 2.25. The Labute approximate surface area is 154 Å². The minimum atomic E-state index is -0.606. The van der Waals surface area contributed by atoms with Crippen LogP contribution in [0.5, 0.6) is 0 Å². The number of nitro groups is 1.